The van der Waals surface area contributed by atoms with Crippen LogP contribution in [0.2, 0.25) is 0 Å². The third kappa shape index (κ3) is 2.76. The zero-order chi connectivity index (χ0) is 12.4. The third-order valence-electron chi connectivity index (χ3n) is 3.10. The molecule has 0 unspecified atom stereocenters. The van der Waals surface area contributed by atoms with Crippen molar-refractivity contribution in [3.8, 4) is 0 Å². The summed E-state index contributed by atoms with van der Waals surface area (Å²) in [6.07, 6.45) is 1.08. The zero-order valence-electron chi connectivity index (χ0n) is 10.6. The Morgan fingerprint density at radius 1 is 1.18 bits per heavy atom. The van der Waals surface area contributed by atoms with Crippen LogP contribution in [0, 0.1) is 5.92 Å². The Kier molecular flexibility index (Phi) is 3.32. The molecule has 1 aliphatic carbocycles. The van der Waals surface area contributed by atoms with Gasteiger partial charge in [0.2, 0.25) is 0 Å². The molecule has 1 aromatic carbocycles. The first-order valence-corrected chi connectivity index (χ1v) is 6.00. The summed E-state index contributed by atoms with van der Waals surface area (Å²) in [7, 11) is 0. The number of carbonyl (C=O) groups is 1. The summed E-state index contributed by atoms with van der Waals surface area (Å²) in [6.45, 7) is 5.46. The van der Waals surface area contributed by atoms with E-state index in [4.69, 9.17) is 4.74 Å². The molecule has 1 saturated carbocycles. The van der Waals surface area contributed by atoms with Crippen LogP contribution in [0.25, 0.3) is 0 Å². The second kappa shape index (κ2) is 4.74. The summed E-state index contributed by atoms with van der Waals surface area (Å²) in [6, 6.07) is 10.4. The maximum absolute atomic E-state index is 11.1. The minimum atomic E-state index is -0.222. The average Bonchev–Trinajstić information content (AvgIpc) is 3.06. The molecule has 17 heavy (non-hydrogen) atoms. The van der Waals surface area contributed by atoms with E-state index in [9.17, 15) is 4.79 Å². The highest BCUT2D eigenvalue weighted by atomic mass is 16.5. The van der Waals surface area contributed by atoms with Gasteiger partial charge in [0.25, 0.3) is 0 Å². The van der Waals surface area contributed by atoms with Crippen LogP contribution in [0.15, 0.2) is 41.7 Å². The van der Waals surface area contributed by atoms with Crippen LogP contribution in [0.4, 0.5) is 0 Å². The molecular formula is C15H18O2. The van der Waals surface area contributed by atoms with E-state index in [0.717, 1.165) is 17.8 Å². The van der Waals surface area contributed by atoms with Gasteiger partial charge in [0, 0.05) is 12.8 Å². The Morgan fingerprint density at radius 3 is 2.35 bits per heavy atom. The predicted octanol–water partition coefficient (Wildman–Crippen LogP) is 3.65. The molecular weight excluding hydrogens is 212 g/mol. The van der Waals surface area contributed by atoms with Crippen molar-refractivity contribution in [2.24, 2.45) is 5.92 Å². The number of ether oxygens (including phenoxy) is 1. The molecule has 2 heteroatoms. The largest absolute Gasteiger partial charge is 0.431 e. The van der Waals surface area contributed by atoms with E-state index in [1.807, 2.05) is 19.9 Å². The number of hydrogen-bond acceptors (Lipinski definition) is 2. The number of rotatable bonds is 3. The van der Waals surface area contributed by atoms with Gasteiger partial charge in [-0.2, -0.15) is 0 Å². The molecule has 2 atom stereocenters. The van der Waals surface area contributed by atoms with Crippen molar-refractivity contribution in [3.05, 3.63) is 47.2 Å². The van der Waals surface area contributed by atoms with Crippen LogP contribution in [0.5, 0.6) is 0 Å². The molecule has 1 aromatic rings. The fourth-order valence-electron chi connectivity index (χ4n) is 2.26. The van der Waals surface area contributed by atoms with Gasteiger partial charge in [-0.15, -0.1) is 0 Å². The second-order valence-corrected chi connectivity index (χ2v) is 4.82. The van der Waals surface area contributed by atoms with Crippen LogP contribution < -0.4 is 0 Å². The molecule has 0 heterocycles. The van der Waals surface area contributed by atoms with Gasteiger partial charge in [0.1, 0.15) is 5.76 Å². The van der Waals surface area contributed by atoms with Crippen LogP contribution >= 0.6 is 0 Å². The van der Waals surface area contributed by atoms with Gasteiger partial charge in [-0.25, -0.2) is 0 Å². The van der Waals surface area contributed by atoms with Gasteiger partial charge in [0.15, 0.2) is 0 Å². The smallest absolute Gasteiger partial charge is 0.307 e. The van der Waals surface area contributed by atoms with Gasteiger partial charge in [0.05, 0.1) is 0 Å². The highest BCUT2D eigenvalue weighted by Gasteiger charge is 2.43. The average molecular weight is 230 g/mol. The third-order valence-corrected chi connectivity index (χ3v) is 3.10. The van der Waals surface area contributed by atoms with Crippen LogP contribution in [0.3, 0.4) is 0 Å². The van der Waals surface area contributed by atoms with Crippen molar-refractivity contribution in [2.75, 3.05) is 0 Å². The minimum absolute atomic E-state index is 0.222. The van der Waals surface area contributed by atoms with Crippen LogP contribution in [-0.2, 0) is 9.53 Å². The van der Waals surface area contributed by atoms with E-state index in [-0.39, 0.29) is 5.97 Å². The quantitative estimate of drug-likeness (QED) is 0.585. The Labute approximate surface area is 102 Å². The van der Waals surface area contributed by atoms with E-state index in [1.54, 1.807) is 0 Å². The molecule has 0 aliphatic heterocycles. The molecule has 0 bridgehead atoms. The molecule has 0 N–H and O–H groups in total. The Hall–Kier alpha value is -1.57. The SMILES string of the molecule is CC(=O)OC(=C(C)C)[C@H]1C[C@H]1c1ccccc1. The van der Waals surface area contributed by atoms with Crippen molar-refractivity contribution in [2.45, 2.75) is 33.1 Å². The van der Waals surface area contributed by atoms with Crippen molar-refractivity contribution < 1.29 is 9.53 Å². The number of hydrogen-bond donors (Lipinski definition) is 0. The summed E-state index contributed by atoms with van der Waals surface area (Å²) in [5, 5.41) is 0. The van der Waals surface area contributed by atoms with Gasteiger partial charge >= 0.3 is 5.97 Å². The fourth-order valence-corrected chi connectivity index (χ4v) is 2.26. The van der Waals surface area contributed by atoms with Crippen molar-refractivity contribution in [1.29, 1.82) is 0 Å². The Bertz CT molecular complexity index is 441. The van der Waals surface area contributed by atoms with Crippen molar-refractivity contribution in [3.63, 3.8) is 0 Å². The molecule has 0 amide bonds. The summed E-state index contributed by atoms with van der Waals surface area (Å²) >= 11 is 0. The first-order valence-electron chi connectivity index (χ1n) is 6.00. The number of carbonyl (C=O) groups excluding carboxylic acids is 1. The summed E-state index contributed by atoms with van der Waals surface area (Å²) in [4.78, 5) is 11.1. The van der Waals surface area contributed by atoms with E-state index < -0.39 is 0 Å². The van der Waals surface area contributed by atoms with E-state index in [0.29, 0.717) is 11.8 Å². The van der Waals surface area contributed by atoms with Crippen LogP contribution in [-0.4, -0.2) is 5.97 Å². The summed E-state index contributed by atoms with van der Waals surface area (Å²) < 4.78 is 5.33. The lowest BCUT2D eigenvalue weighted by Crippen LogP contribution is -2.03. The lowest BCUT2D eigenvalue weighted by atomic mass is 10.1. The van der Waals surface area contributed by atoms with Crippen LogP contribution in [0.1, 0.15) is 38.7 Å². The highest BCUT2D eigenvalue weighted by molar-refractivity contribution is 5.67. The molecule has 0 spiro atoms. The minimum Gasteiger partial charge on any atom is -0.431 e. The number of benzene rings is 1. The fraction of sp³-hybridized carbons (Fsp3) is 0.400. The lowest BCUT2D eigenvalue weighted by Gasteiger charge is -2.09. The normalized spacial score (nSPS) is 21.8. The first kappa shape index (κ1) is 11.9. The van der Waals surface area contributed by atoms with Crippen molar-refractivity contribution in [1.82, 2.24) is 0 Å². The monoisotopic (exact) mass is 230 g/mol. The topological polar surface area (TPSA) is 26.3 Å². The molecule has 0 radical (unpaired) electrons. The molecule has 90 valence electrons. The van der Waals surface area contributed by atoms with E-state index >= 15 is 0 Å². The predicted molar refractivity (Wildman–Crippen MR) is 67.4 cm³/mol. The molecule has 1 fully saturated rings. The van der Waals surface area contributed by atoms with E-state index in [2.05, 4.69) is 24.3 Å². The highest BCUT2D eigenvalue weighted by Crippen LogP contribution is 2.52. The zero-order valence-corrected chi connectivity index (χ0v) is 10.6. The Morgan fingerprint density at radius 2 is 1.82 bits per heavy atom. The maximum atomic E-state index is 11.1. The number of allylic oxidation sites excluding steroid dienone is 2. The van der Waals surface area contributed by atoms with E-state index in [1.165, 1.54) is 12.5 Å². The van der Waals surface area contributed by atoms with Gasteiger partial charge in [-0.1, -0.05) is 30.3 Å². The summed E-state index contributed by atoms with van der Waals surface area (Å²) in [5.41, 5.74) is 2.44. The lowest BCUT2D eigenvalue weighted by molar-refractivity contribution is -0.137. The molecule has 2 rings (SSSR count). The first-order chi connectivity index (χ1) is 8.09. The molecule has 0 saturated heterocycles. The Balaban J connectivity index is 2.11. The molecule has 0 aromatic heterocycles. The second-order valence-electron chi connectivity index (χ2n) is 4.82. The standard InChI is InChI=1S/C15H18O2/c1-10(2)15(17-11(3)16)14-9-13(14)12-7-5-4-6-8-12/h4-8,13-14H,9H2,1-3H3/t13-,14-/m0/s1. The summed E-state index contributed by atoms with van der Waals surface area (Å²) in [5.74, 6) is 1.54. The van der Waals surface area contributed by atoms with Crippen molar-refractivity contribution >= 4 is 5.97 Å². The maximum Gasteiger partial charge on any atom is 0.307 e. The van der Waals surface area contributed by atoms with Gasteiger partial charge in [-0.05, 0) is 37.3 Å². The molecule has 1 aliphatic rings. The van der Waals surface area contributed by atoms with Gasteiger partial charge in [-0.3, -0.25) is 4.79 Å². The van der Waals surface area contributed by atoms with Gasteiger partial charge < -0.3 is 4.74 Å². The number of esters is 1. The molecule has 2 nitrogen and oxygen atoms in total.